The van der Waals surface area contributed by atoms with Gasteiger partial charge in [-0.25, -0.2) is 4.79 Å². The zero-order valence-corrected chi connectivity index (χ0v) is 17.2. The maximum absolute atomic E-state index is 12.6. The van der Waals surface area contributed by atoms with Crippen LogP contribution in [-0.4, -0.2) is 9.55 Å². The molecule has 0 aliphatic carbocycles. The molecule has 0 amide bonds. The summed E-state index contributed by atoms with van der Waals surface area (Å²) in [6.45, 7) is 6.42. The van der Waals surface area contributed by atoms with Gasteiger partial charge in [-0.3, -0.25) is 14.3 Å². The normalized spacial score (nSPS) is 11.2. The van der Waals surface area contributed by atoms with Crippen LogP contribution in [0.2, 0.25) is 0 Å². The number of nitrogens with zero attached hydrogens (tertiary/aromatic N) is 1. The number of benzene rings is 2. The van der Waals surface area contributed by atoms with E-state index in [4.69, 9.17) is 0 Å². The first kappa shape index (κ1) is 20.0. The van der Waals surface area contributed by atoms with Crippen LogP contribution in [0.4, 0.5) is 0 Å². The average Bonchev–Trinajstić information content (AvgIpc) is 2.64. The average molecular weight is 393 g/mol. The Labute approximate surface area is 169 Å². The molecule has 28 heavy (non-hydrogen) atoms. The van der Waals surface area contributed by atoms with Crippen molar-refractivity contribution in [3.8, 4) is 0 Å². The quantitative estimate of drug-likeness (QED) is 0.625. The second-order valence-electron chi connectivity index (χ2n) is 6.75. The van der Waals surface area contributed by atoms with Crippen molar-refractivity contribution in [3.63, 3.8) is 0 Å². The highest BCUT2D eigenvalue weighted by Gasteiger charge is 2.15. The Hall–Kier alpha value is -2.79. The van der Waals surface area contributed by atoms with E-state index in [1.165, 1.54) is 11.8 Å². The molecule has 0 aliphatic heterocycles. The number of aromatic amines is 1. The van der Waals surface area contributed by atoms with Gasteiger partial charge in [0.25, 0.3) is 5.56 Å². The van der Waals surface area contributed by atoms with Crippen molar-refractivity contribution in [1.29, 1.82) is 0 Å². The molecule has 0 radical (unpaired) electrons. The molecule has 3 rings (SSSR count). The van der Waals surface area contributed by atoms with E-state index in [1.54, 1.807) is 4.57 Å². The Balaban J connectivity index is 2.02. The van der Waals surface area contributed by atoms with E-state index in [2.05, 4.69) is 23.2 Å². The molecular formula is C23H24N2O2S. The Bertz CT molecular complexity index is 1090. The van der Waals surface area contributed by atoms with E-state index in [0.717, 1.165) is 21.6 Å². The van der Waals surface area contributed by atoms with Gasteiger partial charge < -0.3 is 0 Å². The number of aryl methyl sites for hydroxylation is 2. The third kappa shape index (κ3) is 4.73. The van der Waals surface area contributed by atoms with Gasteiger partial charge in [-0.2, -0.15) is 0 Å². The Morgan fingerprint density at radius 2 is 1.71 bits per heavy atom. The molecule has 1 N–H and O–H groups in total. The van der Waals surface area contributed by atoms with E-state index < -0.39 is 0 Å². The van der Waals surface area contributed by atoms with Gasteiger partial charge in [0.1, 0.15) is 0 Å². The number of hydrogen-bond donors (Lipinski definition) is 1. The third-order valence-electron chi connectivity index (χ3n) is 4.40. The van der Waals surface area contributed by atoms with E-state index in [1.807, 2.05) is 63.3 Å². The molecule has 0 unspecified atom stereocenters. The molecule has 3 aromatic rings. The molecule has 5 heteroatoms. The summed E-state index contributed by atoms with van der Waals surface area (Å²) in [4.78, 5) is 28.4. The predicted molar refractivity (Wildman–Crippen MR) is 116 cm³/mol. The third-order valence-corrected chi connectivity index (χ3v) is 5.54. The van der Waals surface area contributed by atoms with Crippen molar-refractivity contribution in [3.05, 3.63) is 97.7 Å². The van der Waals surface area contributed by atoms with Gasteiger partial charge in [-0.15, -0.1) is 0 Å². The van der Waals surface area contributed by atoms with Crippen LogP contribution >= 0.6 is 11.8 Å². The fourth-order valence-corrected chi connectivity index (χ4v) is 4.49. The summed E-state index contributed by atoms with van der Waals surface area (Å²) < 4.78 is 1.64. The molecule has 0 fully saturated rings. The maximum atomic E-state index is 12.6. The van der Waals surface area contributed by atoms with Gasteiger partial charge in [0.05, 0.1) is 5.03 Å². The number of hydrogen-bond acceptors (Lipinski definition) is 3. The first-order valence-corrected chi connectivity index (χ1v) is 10.1. The summed E-state index contributed by atoms with van der Waals surface area (Å²) in [5, 5.41) is 0.707. The van der Waals surface area contributed by atoms with Gasteiger partial charge in [0.15, 0.2) is 0 Å². The van der Waals surface area contributed by atoms with Crippen molar-refractivity contribution in [2.75, 3.05) is 0 Å². The van der Waals surface area contributed by atoms with Crippen LogP contribution in [-0.2, 0) is 13.0 Å². The van der Waals surface area contributed by atoms with E-state index in [0.29, 0.717) is 23.6 Å². The van der Waals surface area contributed by atoms with Gasteiger partial charge >= 0.3 is 5.69 Å². The molecule has 0 saturated carbocycles. The second-order valence-corrected chi connectivity index (χ2v) is 7.81. The molecule has 4 nitrogen and oxygen atoms in total. The lowest BCUT2D eigenvalue weighted by Gasteiger charge is -2.14. The predicted octanol–water partition coefficient (Wildman–Crippen LogP) is 4.58. The summed E-state index contributed by atoms with van der Waals surface area (Å²) in [6.07, 6.45) is 4.49. The topological polar surface area (TPSA) is 54.9 Å². The lowest BCUT2D eigenvalue weighted by molar-refractivity contribution is 0.646. The molecule has 0 spiro atoms. The highest BCUT2D eigenvalue weighted by atomic mass is 32.2. The lowest BCUT2D eigenvalue weighted by Crippen LogP contribution is -2.33. The fourth-order valence-electron chi connectivity index (χ4n) is 3.15. The Morgan fingerprint density at radius 1 is 1.04 bits per heavy atom. The molecule has 2 aromatic carbocycles. The second kappa shape index (κ2) is 8.93. The molecule has 1 heterocycles. The SMILES string of the molecule is CCc1c(Sc2cc(C)cc(C)c2)n(C/C=C/c2ccccc2)c(=O)[nH]c1=O. The van der Waals surface area contributed by atoms with Crippen molar-refractivity contribution < 1.29 is 0 Å². The van der Waals surface area contributed by atoms with Crippen LogP contribution < -0.4 is 11.2 Å². The van der Waals surface area contributed by atoms with E-state index >= 15 is 0 Å². The maximum Gasteiger partial charge on any atom is 0.329 e. The molecule has 0 aliphatic rings. The summed E-state index contributed by atoms with van der Waals surface area (Å²) >= 11 is 1.48. The summed E-state index contributed by atoms with van der Waals surface area (Å²) in [5.41, 5.74) is 3.33. The van der Waals surface area contributed by atoms with Crippen LogP contribution in [0.1, 0.15) is 29.2 Å². The highest BCUT2D eigenvalue weighted by Crippen LogP contribution is 2.30. The first-order valence-electron chi connectivity index (χ1n) is 9.31. The number of allylic oxidation sites excluding steroid dienone is 1. The number of H-pyrrole nitrogens is 1. The molecule has 0 bridgehead atoms. The Kier molecular flexibility index (Phi) is 6.37. The van der Waals surface area contributed by atoms with Gasteiger partial charge in [-0.1, -0.05) is 67.2 Å². The summed E-state index contributed by atoms with van der Waals surface area (Å²) in [5.74, 6) is 0. The van der Waals surface area contributed by atoms with Crippen molar-refractivity contribution in [1.82, 2.24) is 9.55 Å². The van der Waals surface area contributed by atoms with Gasteiger partial charge in [0.2, 0.25) is 0 Å². The zero-order valence-electron chi connectivity index (χ0n) is 16.4. The summed E-state index contributed by atoms with van der Waals surface area (Å²) in [7, 11) is 0. The van der Waals surface area contributed by atoms with Crippen LogP contribution in [0, 0.1) is 13.8 Å². The van der Waals surface area contributed by atoms with Crippen LogP contribution in [0.15, 0.2) is 74.1 Å². The largest absolute Gasteiger partial charge is 0.329 e. The molecule has 144 valence electrons. The lowest BCUT2D eigenvalue weighted by atomic mass is 10.2. The minimum absolute atomic E-state index is 0.303. The number of aromatic nitrogens is 2. The minimum Gasteiger partial charge on any atom is -0.284 e. The van der Waals surface area contributed by atoms with Crippen molar-refractivity contribution >= 4 is 17.8 Å². The van der Waals surface area contributed by atoms with Crippen molar-refractivity contribution in [2.45, 2.75) is 43.7 Å². The van der Waals surface area contributed by atoms with Crippen molar-refractivity contribution in [2.24, 2.45) is 0 Å². The zero-order chi connectivity index (χ0) is 20.1. The highest BCUT2D eigenvalue weighted by molar-refractivity contribution is 7.99. The first-order chi connectivity index (χ1) is 13.5. The fraction of sp³-hybridized carbons (Fsp3) is 0.217. The van der Waals surface area contributed by atoms with Crippen LogP contribution in [0.5, 0.6) is 0 Å². The standard InChI is InChI=1S/C23H24N2O2S/c1-4-20-21(26)24-23(27)25(12-8-11-18-9-6-5-7-10-18)22(20)28-19-14-16(2)13-17(3)15-19/h5-11,13-15H,4,12H2,1-3H3,(H,24,26,27)/b11-8+. The molecule has 0 atom stereocenters. The van der Waals surface area contributed by atoms with E-state index in [-0.39, 0.29) is 11.2 Å². The monoisotopic (exact) mass is 392 g/mol. The minimum atomic E-state index is -0.383. The summed E-state index contributed by atoms with van der Waals surface area (Å²) in [6, 6.07) is 16.2. The van der Waals surface area contributed by atoms with Gasteiger partial charge in [0, 0.05) is 17.0 Å². The van der Waals surface area contributed by atoms with E-state index in [9.17, 15) is 9.59 Å². The Morgan fingerprint density at radius 3 is 2.36 bits per heavy atom. The van der Waals surface area contributed by atoms with Crippen LogP contribution in [0.3, 0.4) is 0 Å². The number of nitrogens with one attached hydrogen (secondary N) is 1. The molecule has 1 aromatic heterocycles. The number of rotatable bonds is 6. The molecular weight excluding hydrogens is 368 g/mol. The van der Waals surface area contributed by atoms with Crippen LogP contribution in [0.25, 0.3) is 6.08 Å². The smallest absolute Gasteiger partial charge is 0.284 e. The molecule has 0 saturated heterocycles. The van der Waals surface area contributed by atoms with Gasteiger partial charge in [-0.05, 0) is 49.1 Å².